The average molecular weight is 286 g/mol. The van der Waals surface area contributed by atoms with Crippen molar-refractivity contribution >= 4 is 21.4 Å². The molecule has 20 heavy (non-hydrogen) atoms. The summed E-state index contributed by atoms with van der Waals surface area (Å²) in [5, 5.41) is 3.29. The minimum atomic E-state index is -0.195. The molecule has 1 atom stereocenters. The summed E-state index contributed by atoms with van der Waals surface area (Å²) in [6, 6.07) is 13.2. The van der Waals surface area contributed by atoms with Gasteiger partial charge in [0.1, 0.15) is 5.82 Å². The normalized spacial score (nSPS) is 12.8. The molecule has 0 fully saturated rings. The Hall–Kier alpha value is -1.75. The van der Waals surface area contributed by atoms with E-state index in [0.29, 0.717) is 5.56 Å². The van der Waals surface area contributed by atoms with E-state index in [0.717, 1.165) is 11.1 Å². The van der Waals surface area contributed by atoms with Crippen molar-refractivity contribution in [1.29, 1.82) is 0 Å². The van der Waals surface area contributed by atoms with E-state index in [1.165, 1.54) is 16.2 Å². The van der Waals surface area contributed by atoms with Crippen molar-refractivity contribution in [2.24, 2.45) is 5.84 Å². The number of hydrogen-bond acceptors (Lipinski definition) is 3. The highest BCUT2D eigenvalue weighted by Gasteiger charge is 2.17. The third-order valence-electron chi connectivity index (χ3n) is 3.50. The van der Waals surface area contributed by atoms with E-state index in [1.54, 1.807) is 24.3 Å². The maximum atomic E-state index is 13.4. The van der Waals surface area contributed by atoms with Crippen LogP contribution in [0.4, 0.5) is 4.39 Å². The van der Waals surface area contributed by atoms with E-state index < -0.39 is 0 Å². The summed E-state index contributed by atoms with van der Waals surface area (Å²) >= 11 is 1.69. The number of nitrogens with one attached hydrogen (secondary N) is 1. The predicted molar refractivity (Wildman–Crippen MR) is 82.1 cm³/mol. The fourth-order valence-corrected chi connectivity index (χ4v) is 3.42. The molecule has 0 saturated carbocycles. The van der Waals surface area contributed by atoms with Gasteiger partial charge in [-0.2, -0.15) is 0 Å². The van der Waals surface area contributed by atoms with Gasteiger partial charge in [-0.25, -0.2) is 9.82 Å². The molecule has 0 saturated heterocycles. The lowest BCUT2D eigenvalue weighted by atomic mass is 9.97. The molecule has 4 heteroatoms. The molecule has 2 nitrogen and oxygen atoms in total. The van der Waals surface area contributed by atoms with Crippen LogP contribution in [0, 0.1) is 12.7 Å². The first-order valence-electron chi connectivity index (χ1n) is 6.39. The number of halogens is 1. The van der Waals surface area contributed by atoms with Gasteiger partial charge < -0.3 is 0 Å². The molecule has 0 spiro atoms. The largest absolute Gasteiger partial charge is 0.271 e. The SMILES string of the molecule is Cc1cc(C(NN)c2csc3ccccc23)ccc1F. The van der Waals surface area contributed by atoms with Gasteiger partial charge in [0.25, 0.3) is 0 Å². The standard InChI is InChI=1S/C16H15FN2S/c1-10-8-11(6-7-14(10)17)16(19-18)13-9-20-15-5-3-2-4-12(13)15/h2-9,16,19H,18H2,1H3. The molecular weight excluding hydrogens is 271 g/mol. The number of nitrogens with two attached hydrogens (primary N) is 1. The number of hydrazine groups is 1. The van der Waals surface area contributed by atoms with Gasteiger partial charge in [0.05, 0.1) is 6.04 Å². The van der Waals surface area contributed by atoms with E-state index in [1.807, 2.05) is 18.2 Å². The summed E-state index contributed by atoms with van der Waals surface area (Å²) in [5.41, 5.74) is 5.56. The van der Waals surface area contributed by atoms with E-state index in [-0.39, 0.29) is 11.9 Å². The van der Waals surface area contributed by atoms with Crippen LogP contribution in [0.2, 0.25) is 0 Å². The first kappa shape index (κ1) is 13.2. The van der Waals surface area contributed by atoms with E-state index in [9.17, 15) is 4.39 Å². The second-order valence-electron chi connectivity index (χ2n) is 4.80. The van der Waals surface area contributed by atoms with Crippen LogP contribution >= 0.6 is 11.3 Å². The summed E-state index contributed by atoms with van der Waals surface area (Å²) in [5.74, 6) is 5.54. The van der Waals surface area contributed by atoms with E-state index >= 15 is 0 Å². The summed E-state index contributed by atoms with van der Waals surface area (Å²) < 4.78 is 14.6. The third-order valence-corrected chi connectivity index (χ3v) is 4.49. The van der Waals surface area contributed by atoms with Gasteiger partial charge in [0.2, 0.25) is 0 Å². The predicted octanol–water partition coefficient (Wildman–Crippen LogP) is 3.90. The number of rotatable bonds is 3. The highest BCUT2D eigenvalue weighted by Crippen LogP contribution is 2.33. The lowest BCUT2D eigenvalue weighted by molar-refractivity contribution is 0.609. The van der Waals surface area contributed by atoms with E-state index in [2.05, 4.69) is 22.9 Å². The van der Waals surface area contributed by atoms with Gasteiger partial charge >= 0.3 is 0 Å². The Kier molecular flexibility index (Phi) is 3.53. The fourth-order valence-electron chi connectivity index (χ4n) is 2.43. The second kappa shape index (κ2) is 5.32. The molecule has 3 rings (SSSR count). The van der Waals surface area contributed by atoms with Crippen molar-refractivity contribution in [1.82, 2.24) is 5.43 Å². The molecule has 2 aromatic carbocycles. The van der Waals surface area contributed by atoms with Crippen LogP contribution in [0.15, 0.2) is 47.8 Å². The fraction of sp³-hybridized carbons (Fsp3) is 0.125. The lowest BCUT2D eigenvalue weighted by Crippen LogP contribution is -2.28. The van der Waals surface area contributed by atoms with Gasteiger partial charge in [-0.3, -0.25) is 5.84 Å². The summed E-state index contributed by atoms with van der Waals surface area (Å²) in [7, 11) is 0. The Balaban J connectivity index is 2.11. The van der Waals surface area contributed by atoms with Crippen molar-refractivity contribution in [3.63, 3.8) is 0 Å². The molecular formula is C16H15FN2S. The first-order chi connectivity index (χ1) is 9.70. The van der Waals surface area contributed by atoms with Gasteiger partial charge in [-0.1, -0.05) is 30.3 Å². The van der Waals surface area contributed by atoms with Gasteiger partial charge in [-0.15, -0.1) is 11.3 Å². The smallest absolute Gasteiger partial charge is 0.126 e. The van der Waals surface area contributed by atoms with Crippen LogP contribution < -0.4 is 11.3 Å². The van der Waals surface area contributed by atoms with Crippen LogP contribution in [0.1, 0.15) is 22.7 Å². The van der Waals surface area contributed by atoms with Gasteiger partial charge in [0, 0.05) is 4.70 Å². The third kappa shape index (κ3) is 2.22. The molecule has 0 bridgehead atoms. The zero-order valence-corrected chi connectivity index (χ0v) is 11.9. The monoisotopic (exact) mass is 286 g/mol. The molecule has 1 heterocycles. The number of hydrogen-bond donors (Lipinski definition) is 2. The zero-order chi connectivity index (χ0) is 14.1. The number of thiophene rings is 1. The summed E-state index contributed by atoms with van der Waals surface area (Å²) in [6.07, 6.45) is 0. The Labute approximate surface area is 121 Å². The number of aryl methyl sites for hydroxylation is 1. The van der Waals surface area contributed by atoms with Crippen LogP contribution in [-0.4, -0.2) is 0 Å². The number of benzene rings is 2. The quantitative estimate of drug-likeness (QED) is 0.566. The van der Waals surface area contributed by atoms with Crippen LogP contribution in [-0.2, 0) is 0 Å². The van der Waals surface area contributed by atoms with Crippen molar-refractivity contribution in [2.75, 3.05) is 0 Å². The molecule has 1 aromatic heterocycles. The minimum Gasteiger partial charge on any atom is -0.271 e. The molecule has 0 aliphatic heterocycles. The van der Waals surface area contributed by atoms with Crippen molar-refractivity contribution in [3.8, 4) is 0 Å². The lowest BCUT2D eigenvalue weighted by Gasteiger charge is -2.17. The molecule has 3 N–H and O–H groups in total. The van der Waals surface area contributed by atoms with Gasteiger partial charge in [0.15, 0.2) is 0 Å². The Bertz CT molecular complexity index is 751. The van der Waals surface area contributed by atoms with Crippen LogP contribution in [0.25, 0.3) is 10.1 Å². The number of fused-ring (bicyclic) bond motifs is 1. The highest BCUT2D eigenvalue weighted by molar-refractivity contribution is 7.17. The van der Waals surface area contributed by atoms with Gasteiger partial charge in [-0.05, 0) is 46.5 Å². The average Bonchev–Trinajstić information content (AvgIpc) is 2.88. The van der Waals surface area contributed by atoms with Crippen molar-refractivity contribution in [3.05, 3.63) is 70.4 Å². The van der Waals surface area contributed by atoms with Crippen LogP contribution in [0.5, 0.6) is 0 Å². The Morgan fingerprint density at radius 3 is 2.75 bits per heavy atom. The molecule has 0 radical (unpaired) electrons. The minimum absolute atomic E-state index is 0.134. The van der Waals surface area contributed by atoms with E-state index in [4.69, 9.17) is 5.84 Å². The molecule has 3 aromatic rings. The highest BCUT2D eigenvalue weighted by atomic mass is 32.1. The Morgan fingerprint density at radius 1 is 1.20 bits per heavy atom. The molecule has 1 unspecified atom stereocenters. The first-order valence-corrected chi connectivity index (χ1v) is 7.27. The molecule has 0 amide bonds. The molecule has 0 aliphatic carbocycles. The topological polar surface area (TPSA) is 38.0 Å². The van der Waals surface area contributed by atoms with Crippen molar-refractivity contribution in [2.45, 2.75) is 13.0 Å². The summed E-state index contributed by atoms with van der Waals surface area (Å²) in [4.78, 5) is 0. The molecule has 102 valence electrons. The Morgan fingerprint density at radius 2 is 2.00 bits per heavy atom. The zero-order valence-electron chi connectivity index (χ0n) is 11.1. The maximum Gasteiger partial charge on any atom is 0.126 e. The maximum absolute atomic E-state index is 13.4. The van der Waals surface area contributed by atoms with Crippen molar-refractivity contribution < 1.29 is 4.39 Å². The second-order valence-corrected chi connectivity index (χ2v) is 5.71. The summed E-state index contributed by atoms with van der Waals surface area (Å²) in [6.45, 7) is 1.76. The molecule has 0 aliphatic rings. The van der Waals surface area contributed by atoms with Crippen LogP contribution in [0.3, 0.4) is 0 Å².